The van der Waals surface area contributed by atoms with Crippen molar-refractivity contribution < 1.29 is 9.53 Å². The standard InChI is InChI=1S/C13H18N4O2/c1-19-8-7-14-5-6-15-13(18)11-4-2-3-10-9-16-17-12(10)11/h2-4,9,14H,5-8H2,1H3,(H,15,18)(H,16,17). The van der Waals surface area contributed by atoms with E-state index in [0.717, 1.165) is 17.4 Å². The van der Waals surface area contributed by atoms with Gasteiger partial charge in [0.05, 0.1) is 23.9 Å². The van der Waals surface area contributed by atoms with Crippen molar-refractivity contribution in [1.29, 1.82) is 0 Å². The molecule has 102 valence electrons. The lowest BCUT2D eigenvalue weighted by Gasteiger charge is -2.07. The van der Waals surface area contributed by atoms with Crippen molar-refractivity contribution in [3.8, 4) is 0 Å². The van der Waals surface area contributed by atoms with E-state index in [1.807, 2.05) is 12.1 Å². The molecule has 6 nitrogen and oxygen atoms in total. The number of aromatic nitrogens is 2. The molecule has 19 heavy (non-hydrogen) atoms. The Hall–Kier alpha value is -1.92. The SMILES string of the molecule is COCCNCCNC(=O)c1cccc2cn[nH]c12. The fourth-order valence-corrected chi connectivity index (χ4v) is 1.82. The van der Waals surface area contributed by atoms with E-state index >= 15 is 0 Å². The van der Waals surface area contributed by atoms with Crippen molar-refractivity contribution in [1.82, 2.24) is 20.8 Å². The monoisotopic (exact) mass is 262 g/mol. The van der Waals surface area contributed by atoms with Gasteiger partial charge in [0.25, 0.3) is 5.91 Å². The average molecular weight is 262 g/mol. The molecule has 2 rings (SSSR count). The van der Waals surface area contributed by atoms with Gasteiger partial charge in [0.15, 0.2) is 0 Å². The minimum atomic E-state index is -0.0941. The Bertz CT molecular complexity index is 538. The van der Waals surface area contributed by atoms with Gasteiger partial charge in [-0.3, -0.25) is 9.89 Å². The highest BCUT2D eigenvalue weighted by Gasteiger charge is 2.10. The lowest BCUT2D eigenvalue weighted by atomic mass is 10.1. The van der Waals surface area contributed by atoms with Crippen LogP contribution in [0.3, 0.4) is 0 Å². The lowest BCUT2D eigenvalue weighted by molar-refractivity contribution is 0.0955. The molecule has 0 unspecified atom stereocenters. The van der Waals surface area contributed by atoms with E-state index in [0.29, 0.717) is 25.3 Å². The van der Waals surface area contributed by atoms with Crippen molar-refractivity contribution in [3.05, 3.63) is 30.0 Å². The Kier molecular flexibility index (Phi) is 4.88. The van der Waals surface area contributed by atoms with Crippen LogP contribution in [0, 0.1) is 0 Å². The maximum atomic E-state index is 12.0. The third-order valence-electron chi connectivity index (χ3n) is 2.79. The molecule has 0 aliphatic rings. The first-order chi connectivity index (χ1) is 9.33. The first-order valence-corrected chi connectivity index (χ1v) is 6.23. The number of nitrogens with one attached hydrogen (secondary N) is 3. The summed E-state index contributed by atoms with van der Waals surface area (Å²) in [6.45, 7) is 2.74. The van der Waals surface area contributed by atoms with E-state index in [9.17, 15) is 4.79 Å². The van der Waals surface area contributed by atoms with Crippen LogP contribution in [-0.4, -0.2) is 49.5 Å². The van der Waals surface area contributed by atoms with Gasteiger partial charge < -0.3 is 15.4 Å². The van der Waals surface area contributed by atoms with Crippen molar-refractivity contribution >= 4 is 16.8 Å². The number of para-hydroxylation sites is 1. The van der Waals surface area contributed by atoms with E-state index in [4.69, 9.17) is 4.74 Å². The molecule has 0 radical (unpaired) electrons. The zero-order valence-corrected chi connectivity index (χ0v) is 10.9. The Labute approximate surface area is 111 Å². The van der Waals surface area contributed by atoms with Crippen LogP contribution in [0.15, 0.2) is 24.4 Å². The van der Waals surface area contributed by atoms with Crippen molar-refractivity contribution in [3.63, 3.8) is 0 Å². The van der Waals surface area contributed by atoms with Crippen molar-refractivity contribution in [2.24, 2.45) is 0 Å². The number of ether oxygens (including phenoxy) is 1. The first kappa shape index (κ1) is 13.5. The molecule has 3 N–H and O–H groups in total. The molecule has 0 saturated carbocycles. The molecule has 0 bridgehead atoms. The molecule has 0 saturated heterocycles. The average Bonchev–Trinajstić information content (AvgIpc) is 2.90. The lowest BCUT2D eigenvalue weighted by Crippen LogP contribution is -2.33. The number of methoxy groups -OCH3 is 1. The van der Waals surface area contributed by atoms with E-state index in [1.54, 1.807) is 19.4 Å². The van der Waals surface area contributed by atoms with E-state index in [2.05, 4.69) is 20.8 Å². The predicted molar refractivity (Wildman–Crippen MR) is 73.2 cm³/mol. The third-order valence-corrected chi connectivity index (χ3v) is 2.79. The molecule has 0 aliphatic heterocycles. The number of hydrogen-bond donors (Lipinski definition) is 3. The summed E-state index contributed by atoms with van der Waals surface area (Å²) < 4.78 is 4.92. The number of carbonyl (C=O) groups is 1. The first-order valence-electron chi connectivity index (χ1n) is 6.23. The van der Waals surface area contributed by atoms with Crippen molar-refractivity contribution in [2.45, 2.75) is 0 Å². The summed E-state index contributed by atoms with van der Waals surface area (Å²) in [5.74, 6) is -0.0941. The normalized spacial score (nSPS) is 10.8. The summed E-state index contributed by atoms with van der Waals surface area (Å²) in [5.41, 5.74) is 1.39. The highest BCUT2D eigenvalue weighted by Crippen LogP contribution is 2.14. The number of fused-ring (bicyclic) bond motifs is 1. The van der Waals surface area contributed by atoms with Gasteiger partial charge in [0, 0.05) is 32.1 Å². The molecule has 0 aliphatic carbocycles. The van der Waals surface area contributed by atoms with Gasteiger partial charge in [0.1, 0.15) is 0 Å². The molecular formula is C13H18N4O2. The van der Waals surface area contributed by atoms with Crippen LogP contribution in [0.2, 0.25) is 0 Å². The maximum Gasteiger partial charge on any atom is 0.253 e. The number of nitrogens with zero attached hydrogens (tertiary/aromatic N) is 1. The number of rotatable bonds is 7. The second-order valence-corrected chi connectivity index (χ2v) is 4.14. The summed E-state index contributed by atoms with van der Waals surface area (Å²) in [6, 6.07) is 5.56. The van der Waals surface area contributed by atoms with Gasteiger partial charge in [0.2, 0.25) is 0 Å². The zero-order valence-electron chi connectivity index (χ0n) is 10.9. The van der Waals surface area contributed by atoms with Crippen LogP contribution in [0.5, 0.6) is 0 Å². The molecule has 0 atom stereocenters. The topological polar surface area (TPSA) is 79.0 Å². The second kappa shape index (κ2) is 6.86. The van der Waals surface area contributed by atoms with Gasteiger partial charge >= 0.3 is 0 Å². The summed E-state index contributed by atoms with van der Waals surface area (Å²) in [4.78, 5) is 12.0. The van der Waals surface area contributed by atoms with Gasteiger partial charge in [-0.1, -0.05) is 12.1 Å². The zero-order chi connectivity index (χ0) is 13.5. The summed E-state index contributed by atoms with van der Waals surface area (Å²) in [5, 5.41) is 13.8. The molecule has 6 heteroatoms. The number of H-pyrrole nitrogens is 1. The largest absolute Gasteiger partial charge is 0.383 e. The quantitative estimate of drug-likeness (QED) is 0.636. The minimum Gasteiger partial charge on any atom is -0.383 e. The predicted octanol–water partition coefficient (Wildman–Crippen LogP) is 0.529. The summed E-state index contributed by atoms with van der Waals surface area (Å²) >= 11 is 0. The molecule has 0 spiro atoms. The number of aromatic amines is 1. The Morgan fingerprint density at radius 1 is 1.37 bits per heavy atom. The van der Waals surface area contributed by atoms with Crippen LogP contribution in [0.4, 0.5) is 0 Å². The van der Waals surface area contributed by atoms with E-state index < -0.39 is 0 Å². The van der Waals surface area contributed by atoms with Gasteiger partial charge in [-0.15, -0.1) is 0 Å². The summed E-state index contributed by atoms with van der Waals surface area (Å²) in [6.07, 6.45) is 1.71. The molecule has 0 fully saturated rings. The highest BCUT2D eigenvalue weighted by atomic mass is 16.5. The fraction of sp³-hybridized carbons (Fsp3) is 0.385. The molecular weight excluding hydrogens is 244 g/mol. The maximum absolute atomic E-state index is 12.0. The molecule has 1 amide bonds. The fourth-order valence-electron chi connectivity index (χ4n) is 1.82. The van der Waals surface area contributed by atoms with Gasteiger partial charge in [-0.2, -0.15) is 5.10 Å². The van der Waals surface area contributed by atoms with Gasteiger partial charge in [-0.05, 0) is 6.07 Å². The Morgan fingerprint density at radius 2 is 2.26 bits per heavy atom. The van der Waals surface area contributed by atoms with Gasteiger partial charge in [-0.25, -0.2) is 0 Å². The van der Waals surface area contributed by atoms with E-state index in [-0.39, 0.29) is 5.91 Å². The minimum absolute atomic E-state index is 0.0941. The molecule has 1 heterocycles. The van der Waals surface area contributed by atoms with Crippen LogP contribution in [-0.2, 0) is 4.74 Å². The van der Waals surface area contributed by atoms with Crippen molar-refractivity contribution in [2.75, 3.05) is 33.4 Å². The number of hydrogen-bond acceptors (Lipinski definition) is 4. The van der Waals surface area contributed by atoms with Crippen LogP contribution < -0.4 is 10.6 Å². The second-order valence-electron chi connectivity index (χ2n) is 4.14. The highest BCUT2D eigenvalue weighted by molar-refractivity contribution is 6.05. The third kappa shape index (κ3) is 3.52. The number of benzene rings is 1. The molecule has 2 aromatic rings. The van der Waals surface area contributed by atoms with Crippen LogP contribution >= 0.6 is 0 Å². The Balaban J connectivity index is 1.85. The van der Waals surface area contributed by atoms with Crippen LogP contribution in [0.25, 0.3) is 10.9 Å². The molecule has 1 aromatic heterocycles. The van der Waals surface area contributed by atoms with E-state index in [1.165, 1.54) is 0 Å². The molecule has 1 aromatic carbocycles. The summed E-state index contributed by atoms with van der Waals surface area (Å²) in [7, 11) is 1.66. The smallest absolute Gasteiger partial charge is 0.253 e. The number of amides is 1. The Morgan fingerprint density at radius 3 is 3.11 bits per heavy atom. The van der Waals surface area contributed by atoms with Crippen LogP contribution in [0.1, 0.15) is 10.4 Å². The number of carbonyl (C=O) groups excluding carboxylic acids is 1.